The zero-order valence-corrected chi connectivity index (χ0v) is 22.7. The minimum atomic E-state index is -3.79. The number of nitrogens with one attached hydrogen (secondary N) is 2. The highest BCUT2D eigenvalue weighted by molar-refractivity contribution is 7.93. The summed E-state index contributed by atoms with van der Waals surface area (Å²) in [4.78, 5) is 16.7. The molecule has 1 amide bonds. The highest BCUT2D eigenvalue weighted by Gasteiger charge is 2.31. The van der Waals surface area contributed by atoms with Crippen molar-refractivity contribution in [2.45, 2.75) is 23.5 Å². The Morgan fingerprint density at radius 2 is 1.75 bits per heavy atom. The van der Waals surface area contributed by atoms with Crippen molar-refractivity contribution in [3.8, 4) is 0 Å². The van der Waals surface area contributed by atoms with E-state index in [0.29, 0.717) is 29.1 Å². The summed E-state index contributed by atoms with van der Waals surface area (Å²) < 4.78 is 54.3. The number of benzene rings is 2. The van der Waals surface area contributed by atoms with E-state index < -0.39 is 20.0 Å². The normalized spacial score (nSPS) is 15.5. The number of halogens is 2. The van der Waals surface area contributed by atoms with Crippen molar-refractivity contribution in [3.05, 3.63) is 69.7 Å². The molecule has 1 fully saturated rings. The number of amides is 1. The van der Waals surface area contributed by atoms with E-state index in [0.717, 1.165) is 11.3 Å². The number of piperidine rings is 1. The highest BCUT2D eigenvalue weighted by atomic mass is 35.5. The zero-order chi connectivity index (χ0) is 25.9. The third kappa shape index (κ3) is 6.55. The van der Waals surface area contributed by atoms with E-state index >= 15 is 0 Å². The number of carbonyl (C=O) groups is 1. The van der Waals surface area contributed by atoms with Crippen LogP contribution in [0, 0.1) is 5.92 Å². The van der Waals surface area contributed by atoms with Crippen LogP contribution in [0.25, 0.3) is 0 Å². The number of rotatable bonds is 8. The maximum atomic E-state index is 12.8. The molecule has 3 aromatic rings. The van der Waals surface area contributed by atoms with Crippen LogP contribution in [0.15, 0.2) is 58.9 Å². The molecule has 14 heteroatoms. The molecule has 0 aliphatic carbocycles. The second kappa shape index (κ2) is 11.0. The summed E-state index contributed by atoms with van der Waals surface area (Å²) in [6, 6.07) is 10.5. The average Bonchev–Trinajstić information content (AvgIpc) is 3.34. The van der Waals surface area contributed by atoms with Gasteiger partial charge in [-0.05, 0) is 54.8 Å². The van der Waals surface area contributed by atoms with E-state index in [1.807, 2.05) is 0 Å². The van der Waals surface area contributed by atoms with Gasteiger partial charge in [0.05, 0.1) is 10.6 Å². The predicted molar refractivity (Wildman–Crippen MR) is 141 cm³/mol. The molecule has 4 rings (SSSR count). The molecule has 36 heavy (non-hydrogen) atoms. The van der Waals surface area contributed by atoms with Crippen LogP contribution in [0.4, 0.5) is 10.8 Å². The van der Waals surface area contributed by atoms with Gasteiger partial charge in [0.2, 0.25) is 15.9 Å². The summed E-state index contributed by atoms with van der Waals surface area (Å²) in [5.74, 6) is -0.859. The molecule has 192 valence electrons. The monoisotopic (exact) mass is 588 g/mol. The van der Waals surface area contributed by atoms with Crippen molar-refractivity contribution < 1.29 is 21.6 Å². The molecule has 2 heterocycles. The maximum Gasteiger partial charge on any atom is 0.263 e. The summed E-state index contributed by atoms with van der Waals surface area (Å²) >= 11 is 13.2. The third-order valence-corrected chi connectivity index (χ3v) is 10.2. The Balaban J connectivity index is 1.31. The summed E-state index contributed by atoms with van der Waals surface area (Å²) in [5.41, 5.74) is 0.911. The van der Waals surface area contributed by atoms with Crippen LogP contribution in [-0.2, 0) is 30.6 Å². The first-order chi connectivity index (χ1) is 17.0. The molecule has 2 N–H and O–H groups in total. The lowest BCUT2D eigenvalue weighted by atomic mass is 9.97. The Bertz CT molecular complexity index is 1440. The Labute approximate surface area is 223 Å². The van der Waals surface area contributed by atoms with Gasteiger partial charge in [0.1, 0.15) is 0 Å². The van der Waals surface area contributed by atoms with Gasteiger partial charge >= 0.3 is 0 Å². The number of thiazole rings is 1. The van der Waals surface area contributed by atoms with Crippen LogP contribution in [0.5, 0.6) is 0 Å². The molecule has 0 bridgehead atoms. The molecular weight excluding hydrogens is 567 g/mol. The number of hydrogen-bond acceptors (Lipinski definition) is 7. The van der Waals surface area contributed by atoms with Gasteiger partial charge in [0.25, 0.3) is 10.0 Å². The lowest BCUT2D eigenvalue weighted by Gasteiger charge is -2.30. The Morgan fingerprint density at radius 3 is 2.36 bits per heavy atom. The smallest absolute Gasteiger partial charge is 0.263 e. The van der Waals surface area contributed by atoms with Gasteiger partial charge in [0, 0.05) is 46.3 Å². The number of nitrogens with zero attached hydrogens (tertiary/aromatic N) is 2. The van der Waals surface area contributed by atoms with E-state index in [2.05, 4.69) is 15.0 Å². The molecule has 0 saturated carbocycles. The molecule has 1 aliphatic rings. The van der Waals surface area contributed by atoms with Gasteiger partial charge in [-0.25, -0.2) is 26.1 Å². The van der Waals surface area contributed by atoms with Crippen molar-refractivity contribution >= 4 is 71.3 Å². The van der Waals surface area contributed by atoms with Crippen molar-refractivity contribution in [3.63, 3.8) is 0 Å². The van der Waals surface area contributed by atoms with E-state index in [1.165, 1.54) is 40.8 Å². The molecular formula is C22H22Cl2N4O5S3. The molecule has 0 radical (unpaired) electrons. The third-order valence-electron chi connectivity index (χ3n) is 5.66. The van der Waals surface area contributed by atoms with E-state index in [-0.39, 0.29) is 45.7 Å². The van der Waals surface area contributed by atoms with Gasteiger partial charge in [-0.2, -0.15) is 0 Å². The second-order valence-corrected chi connectivity index (χ2v) is 13.5. The average molecular weight is 590 g/mol. The van der Waals surface area contributed by atoms with Crippen molar-refractivity contribution in [1.82, 2.24) is 9.29 Å². The molecule has 0 spiro atoms. The minimum absolute atomic E-state index is 0.0370. The van der Waals surface area contributed by atoms with Crippen LogP contribution < -0.4 is 10.0 Å². The van der Waals surface area contributed by atoms with E-state index in [9.17, 15) is 21.6 Å². The topological polar surface area (TPSA) is 126 Å². The first-order valence-corrected chi connectivity index (χ1v) is 15.5. The largest absolute Gasteiger partial charge is 0.326 e. The number of aromatic nitrogens is 1. The van der Waals surface area contributed by atoms with Crippen LogP contribution in [-0.4, -0.2) is 45.1 Å². The van der Waals surface area contributed by atoms with Crippen LogP contribution in [0.1, 0.15) is 18.4 Å². The van der Waals surface area contributed by atoms with Crippen LogP contribution in [0.2, 0.25) is 10.0 Å². The lowest BCUT2D eigenvalue weighted by molar-refractivity contribution is -0.120. The van der Waals surface area contributed by atoms with E-state index in [4.69, 9.17) is 23.2 Å². The number of carbonyl (C=O) groups excluding carboxylic acids is 1. The Morgan fingerprint density at radius 1 is 1.06 bits per heavy atom. The summed E-state index contributed by atoms with van der Waals surface area (Å²) in [6.07, 6.45) is 2.23. The first-order valence-electron chi connectivity index (χ1n) is 10.8. The predicted octanol–water partition coefficient (Wildman–Crippen LogP) is 4.43. The lowest BCUT2D eigenvalue weighted by Crippen LogP contribution is -2.41. The van der Waals surface area contributed by atoms with E-state index in [1.54, 1.807) is 17.5 Å². The quantitative estimate of drug-likeness (QED) is 0.401. The second-order valence-electron chi connectivity index (χ2n) is 8.12. The zero-order valence-electron chi connectivity index (χ0n) is 18.7. The van der Waals surface area contributed by atoms with Crippen molar-refractivity contribution in [1.29, 1.82) is 0 Å². The van der Waals surface area contributed by atoms with Crippen LogP contribution >= 0.6 is 34.5 Å². The fraction of sp³-hybridized carbons (Fsp3) is 0.273. The maximum absolute atomic E-state index is 12.8. The molecule has 9 nitrogen and oxygen atoms in total. The van der Waals surface area contributed by atoms with Crippen molar-refractivity contribution in [2.75, 3.05) is 23.1 Å². The van der Waals surface area contributed by atoms with Gasteiger partial charge in [0.15, 0.2) is 5.13 Å². The minimum Gasteiger partial charge on any atom is -0.326 e. The Hall–Kier alpha value is -2.22. The van der Waals surface area contributed by atoms with Gasteiger partial charge in [-0.3, -0.25) is 9.52 Å². The fourth-order valence-corrected chi connectivity index (χ4v) is 7.67. The van der Waals surface area contributed by atoms with Crippen molar-refractivity contribution in [2.24, 2.45) is 5.92 Å². The summed E-state index contributed by atoms with van der Waals surface area (Å²) in [7, 11) is -7.40. The SMILES string of the molecule is O=C(Nc1ccc(S(=O)(=O)Nc2nccs2)cc1)C1CCN(S(=O)(=O)Cc2ccc(Cl)cc2Cl)CC1. The number of hydrogen-bond donors (Lipinski definition) is 2. The van der Waals surface area contributed by atoms with Crippen LogP contribution in [0.3, 0.4) is 0 Å². The number of sulfonamides is 2. The summed E-state index contributed by atoms with van der Waals surface area (Å²) in [6.45, 7) is 0.427. The fourth-order valence-electron chi connectivity index (χ4n) is 3.73. The molecule has 1 saturated heterocycles. The molecule has 1 aromatic heterocycles. The molecule has 1 aliphatic heterocycles. The van der Waals surface area contributed by atoms with Gasteiger partial charge < -0.3 is 5.32 Å². The highest BCUT2D eigenvalue weighted by Crippen LogP contribution is 2.27. The molecule has 2 aromatic carbocycles. The number of anilines is 2. The first kappa shape index (κ1) is 26.8. The van der Waals surface area contributed by atoms with Gasteiger partial charge in [-0.15, -0.1) is 11.3 Å². The van der Waals surface area contributed by atoms with Gasteiger partial charge in [-0.1, -0.05) is 29.3 Å². The molecule has 0 unspecified atom stereocenters. The Kier molecular flexibility index (Phi) is 8.22. The standard InChI is InChI=1S/C22H22Cl2N4O5S3/c23-17-2-1-16(20(24)13-17)14-35(30,31)28-10-7-15(8-11-28)21(29)26-18-3-5-19(6-4-18)36(32,33)27-22-25-9-12-34-22/h1-6,9,12-13,15H,7-8,10-11,14H2,(H,25,27)(H,26,29). The molecule has 0 atom stereocenters. The summed E-state index contributed by atoms with van der Waals surface area (Å²) in [5, 5.41) is 5.42.